The Labute approximate surface area is 212 Å². The molecule has 0 bridgehead atoms. The smallest absolute Gasteiger partial charge is 0.293 e. The van der Waals surface area contributed by atoms with Crippen LogP contribution in [0.15, 0.2) is 107 Å². The topological polar surface area (TPSA) is 123 Å². The van der Waals surface area contributed by atoms with Crippen molar-refractivity contribution in [2.24, 2.45) is 0 Å². The Hall–Kier alpha value is -4.09. The first-order valence-corrected chi connectivity index (χ1v) is 13.3. The van der Waals surface area contributed by atoms with Gasteiger partial charge in [-0.1, -0.05) is 18.2 Å². The van der Waals surface area contributed by atoms with Crippen LogP contribution in [-0.2, 0) is 10.0 Å². The van der Waals surface area contributed by atoms with E-state index in [0.29, 0.717) is 12.3 Å². The molecule has 36 heavy (non-hydrogen) atoms. The van der Waals surface area contributed by atoms with E-state index < -0.39 is 26.5 Å². The summed E-state index contributed by atoms with van der Waals surface area (Å²) in [6.45, 7) is 0.433. The zero-order chi connectivity index (χ0) is 25.5. The molecule has 9 nitrogen and oxygen atoms in total. The number of benzene rings is 3. The molecule has 0 unspecified atom stereocenters. The van der Waals surface area contributed by atoms with E-state index in [1.54, 1.807) is 23.9 Å². The van der Waals surface area contributed by atoms with E-state index in [1.807, 2.05) is 64.1 Å². The fourth-order valence-electron chi connectivity index (χ4n) is 3.38. The van der Waals surface area contributed by atoms with E-state index >= 15 is 0 Å². The summed E-state index contributed by atoms with van der Waals surface area (Å²) in [5, 5.41) is 14.6. The number of thioether (sulfide) groups is 1. The van der Waals surface area contributed by atoms with Crippen LogP contribution < -0.4 is 10.0 Å². The second-order valence-corrected chi connectivity index (χ2v) is 10.4. The Kier molecular flexibility index (Phi) is 7.71. The first-order valence-electron chi connectivity index (χ1n) is 10.8. The number of amides is 1. The van der Waals surface area contributed by atoms with Crippen LogP contribution >= 0.6 is 11.8 Å². The molecule has 0 atom stereocenters. The van der Waals surface area contributed by atoms with Crippen LogP contribution in [0.25, 0.3) is 5.69 Å². The van der Waals surface area contributed by atoms with Crippen molar-refractivity contribution in [1.29, 1.82) is 0 Å². The van der Waals surface area contributed by atoms with Gasteiger partial charge in [-0.25, -0.2) is 13.1 Å². The summed E-state index contributed by atoms with van der Waals surface area (Å²) in [6, 6.07) is 23.3. The Morgan fingerprint density at radius 1 is 0.944 bits per heavy atom. The first kappa shape index (κ1) is 25.0. The molecule has 0 radical (unpaired) electrons. The van der Waals surface area contributed by atoms with Gasteiger partial charge in [-0.05, 0) is 60.7 Å². The number of nitro groups is 1. The number of nitrogens with zero attached hydrogens (tertiary/aromatic N) is 2. The molecular weight excluding hydrogens is 500 g/mol. The van der Waals surface area contributed by atoms with Gasteiger partial charge in [-0.15, -0.1) is 11.8 Å². The van der Waals surface area contributed by atoms with Gasteiger partial charge in [0.25, 0.3) is 21.6 Å². The number of nitro benzene ring substituents is 1. The van der Waals surface area contributed by atoms with Crippen molar-refractivity contribution < 1.29 is 18.1 Å². The third-order valence-electron chi connectivity index (χ3n) is 5.16. The summed E-state index contributed by atoms with van der Waals surface area (Å²) in [5.41, 5.74) is 0.740. The Bertz CT molecular complexity index is 1460. The lowest BCUT2D eigenvalue weighted by molar-refractivity contribution is -0.384. The zero-order valence-corrected chi connectivity index (χ0v) is 20.5. The van der Waals surface area contributed by atoms with Gasteiger partial charge in [0.2, 0.25) is 0 Å². The van der Waals surface area contributed by atoms with Crippen molar-refractivity contribution >= 4 is 39.1 Å². The van der Waals surface area contributed by atoms with Crippen LogP contribution in [0.5, 0.6) is 0 Å². The number of carbonyl (C=O) groups is 1. The number of nitrogens with one attached hydrogen (secondary N) is 2. The molecule has 0 saturated carbocycles. The summed E-state index contributed by atoms with van der Waals surface area (Å²) in [6.07, 6.45) is 3.68. The number of hydrogen-bond donors (Lipinski definition) is 2. The molecule has 0 saturated heterocycles. The third-order valence-corrected chi connectivity index (χ3v) is 7.51. The molecule has 0 aliphatic heterocycles. The molecule has 3 aromatic carbocycles. The highest BCUT2D eigenvalue weighted by Gasteiger charge is 2.23. The monoisotopic (exact) mass is 522 g/mol. The fraction of sp³-hybridized carbons (Fsp3) is 0.0800. The molecular formula is C25H22N4O5S2. The standard InChI is InChI=1S/C25H22N4O5S2/c30-25(19-8-10-20(11-9-19)28-15-4-5-16-28)27-36(33,34)22-12-13-23(24(18-22)29(31)32)26-14-17-35-21-6-2-1-3-7-21/h1-13,15-16,18,26H,14,17H2,(H,27,30). The molecule has 0 spiro atoms. The molecule has 4 rings (SSSR count). The first-order chi connectivity index (χ1) is 17.3. The number of rotatable bonds is 10. The highest BCUT2D eigenvalue weighted by Crippen LogP contribution is 2.28. The SMILES string of the molecule is O=C(NS(=O)(=O)c1ccc(NCCSc2ccccc2)c([N+](=O)[O-])c1)c1ccc(-n2cccc2)cc1. The lowest BCUT2D eigenvalue weighted by Crippen LogP contribution is -2.30. The second-order valence-electron chi connectivity index (χ2n) is 7.60. The largest absolute Gasteiger partial charge is 0.379 e. The predicted molar refractivity (Wildman–Crippen MR) is 139 cm³/mol. The summed E-state index contributed by atoms with van der Waals surface area (Å²) in [4.78, 5) is 24.2. The van der Waals surface area contributed by atoms with Gasteiger partial charge >= 0.3 is 0 Å². The van der Waals surface area contributed by atoms with Crippen molar-refractivity contribution in [3.63, 3.8) is 0 Å². The average molecular weight is 523 g/mol. The molecule has 11 heteroatoms. The van der Waals surface area contributed by atoms with Gasteiger partial charge < -0.3 is 9.88 Å². The van der Waals surface area contributed by atoms with Crippen molar-refractivity contribution in [1.82, 2.24) is 9.29 Å². The summed E-state index contributed by atoms with van der Waals surface area (Å²) >= 11 is 1.59. The van der Waals surface area contributed by atoms with Crippen LogP contribution in [0.1, 0.15) is 10.4 Å². The van der Waals surface area contributed by atoms with Crippen LogP contribution in [0.4, 0.5) is 11.4 Å². The van der Waals surface area contributed by atoms with E-state index in [0.717, 1.165) is 16.6 Å². The number of aromatic nitrogens is 1. The molecule has 1 heterocycles. The quantitative estimate of drug-likeness (QED) is 0.134. The highest BCUT2D eigenvalue weighted by molar-refractivity contribution is 7.99. The summed E-state index contributed by atoms with van der Waals surface area (Å²) in [7, 11) is -4.34. The Morgan fingerprint density at radius 2 is 1.64 bits per heavy atom. The number of sulfonamides is 1. The minimum absolute atomic E-state index is 0.137. The maximum absolute atomic E-state index is 12.8. The van der Waals surface area contributed by atoms with E-state index in [9.17, 15) is 23.3 Å². The van der Waals surface area contributed by atoms with Crippen molar-refractivity contribution in [2.45, 2.75) is 9.79 Å². The second kappa shape index (κ2) is 11.1. The molecule has 4 aromatic rings. The molecule has 2 N–H and O–H groups in total. The number of hydrogen-bond acceptors (Lipinski definition) is 7. The van der Waals surface area contributed by atoms with Gasteiger partial charge in [0.15, 0.2) is 0 Å². The fourth-order valence-corrected chi connectivity index (χ4v) is 5.17. The van der Waals surface area contributed by atoms with Gasteiger partial charge in [-0.3, -0.25) is 14.9 Å². The van der Waals surface area contributed by atoms with E-state index in [1.165, 1.54) is 24.3 Å². The summed E-state index contributed by atoms with van der Waals surface area (Å²) in [5.74, 6) is -0.183. The van der Waals surface area contributed by atoms with Crippen LogP contribution in [0.3, 0.4) is 0 Å². The minimum atomic E-state index is -4.34. The molecule has 1 aromatic heterocycles. The lowest BCUT2D eigenvalue weighted by Gasteiger charge is -2.11. The number of carbonyl (C=O) groups excluding carboxylic acids is 1. The lowest BCUT2D eigenvalue weighted by atomic mass is 10.2. The van der Waals surface area contributed by atoms with Crippen molar-refractivity contribution in [3.8, 4) is 5.69 Å². The highest BCUT2D eigenvalue weighted by atomic mass is 32.2. The number of anilines is 1. The summed E-state index contributed by atoms with van der Waals surface area (Å²) < 4.78 is 29.4. The average Bonchev–Trinajstić information content (AvgIpc) is 3.42. The molecule has 184 valence electrons. The zero-order valence-electron chi connectivity index (χ0n) is 18.9. The Balaban J connectivity index is 1.43. The van der Waals surface area contributed by atoms with Crippen LogP contribution in [0.2, 0.25) is 0 Å². The molecule has 0 aliphatic carbocycles. The third kappa shape index (κ3) is 6.12. The minimum Gasteiger partial charge on any atom is -0.379 e. The normalized spacial score (nSPS) is 11.1. The van der Waals surface area contributed by atoms with E-state index in [-0.39, 0.29) is 16.1 Å². The molecule has 0 aliphatic rings. The van der Waals surface area contributed by atoms with Crippen molar-refractivity contribution in [3.05, 3.63) is 113 Å². The molecule has 0 fully saturated rings. The van der Waals surface area contributed by atoms with Crippen LogP contribution in [0, 0.1) is 10.1 Å². The van der Waals surface area contributed by atoms with E-state index in [4.69, 9.17) is 0 Å². The maximum atomic E-state index is 12.8. The van der Waals surface area contributed by atoms with Gasteiger partial charge in [-0.2, -0.15) is 0 Å². The molecule has 1 amide bonds. The van der Waals surface area contributed by atoms with E-state index in [2.05, 4.69) is 5.32 Å². The van der Waals surface area contributed by atoms with Gasteiger partial charge in [0, 0.05) is 46.9 Å². The van der Waals surface area contributed by atoms with Crippen LogP contribution in [-0.4, -0.2) is 36.1 Å². The Morgan fingerprint density at radius 3 is 2.31 bits per heavy atom. The maximum Gasteiger partial charge on any atom is 0.293 e. The van der Waals surface area contributed by atoms with Gasteiger partial charge in [0.05, 0.1) is 9.82 Å². The van der Waals surface area contributed by atoms with Gasteiger partial charge in [0.1, 0.15) is 5.69 Å². The predicted octanol–water partition coefficient (Wildman–Crippen LogP) is 4.71. The van der Waals surface area contributed by atoms with Crippen molar-refractivity contribution in [2.75, 3.05) is 17.6 Å².